The largest absolute Gasteiger partial charge is 0.331 e. The zero-order valence-electron chi connectivity index (χ0n) is 15.5. The Morgan fingerprint density at radius 2 is 1.65 bits per heavy atom. The molecule has 3 heteroatoms. The fraction of sp³-hybridized carbons (Fsp3) is 0.450. The fourth-order valence-corrected chi connectivity index (χ4v) is 2.49. The first kappa shape index (κ1) is 19.2. The Balaban J connectivity index is 0.00000127. The maximum absolute atomic E-state index is 12.2. The molecule has 1 aromatic rings. The minimum Gasteiger partial charge on any atom is -0.331 e. The molecule has 0 aliphatic carbocycles. The number of aryl methyl sites for hydroxylation is 1. The van der Waals surface area contributed by atoms with E-state index in [9.17, 15) is 4.79 Å². The summed E-state index contributed by atoms with van der Waals surface area (Å²) < 4.78 is 0.909. The van der Waals surface area contributed by atoms with Crippen LogP contribution in [0.15, 0.2) is 42.6 Å². The summed E-state index contributed by atoms with van der Waals surface area (Å²) in [5.74, 6) is 0.0528. The van der Waals surface area contributed by atoms with E-state index in [2.05, 4.69) is 58.9 Å². The number of benzene rings is 1. The third-order valence-corrected chi connectivity index (χ3v) is 3.74. The Bertz CT molecular complexity index is 577. The monoisotopic (exact) mass is 315 g/mol. The summed E-state index contributed by atoms with van der Waals surface area (Å²) in [7, 11) is 6.49. The van der Waals surface area contributed by atoms with Crippen LogP contribution in [0.3, 0.4) is 0 Å². The van der Waals surface area contributed by atoms with Crippen molar-refractivity contribution in [3.8, 4) is 0 Å². The second-order valence-electron chi connectivity index (χ2n) is 6.73. The van der Waals surface area contributed by atoms with Crippen molar-refractivity contribution in [2.45, 2.75) is 27.2 Å². The normalized spacial score (nSPS) is 14.5. The van der Waals surface area contributed by atoms with Gasteiger partial charge in [-0.15, -0.1) is 0 Å². The van der Waals surface area contributed by atoms with Gasteiger partial charge in [-0.1, -0.05) is 50.3 Å². The van der Waals surface area contributed by atoms with Crippen molar-refractivity contribution in [2.75, 3.05) is 34.2 Å². The molecule has 1 aliphatic heterocycles. The van der Waals surface area contributed by atoms with Crippen molar-refractivity contribution in [1.29, 1.82) is 0 Å². The highest BCUT2D eigenvalue weighted by Gasteiger charge is 2.26. The van der Waals surface area contributed by atoms with E-state index in [1.807, 2.05) is 13.8 Å². The van der Waals surface area contributed by atoms with Crippen LogP contribution < -0.4 is 0 Å². The molecule has 2 rings (SSSR count). The van der Waals surface area contributed by atoms with Gasteiger partial charge in [0.05, 0.1) is 27.7 Å². The van der Waals surface area contributed by atoms with Crippen LogP contribution in [0.2, 0.25) is 0 Å². The first-order valence-corrected chi connectivity index (χ1v) is 8.38. The maximum atomic E-state index is 12.2. The molecule has 1 heterocycles. The molecule has 0 saturated carbocycles. The Kier molecular flexibility index (Phi) is 6.77. The van der Waals surface area contributed by atoms with Gasteiger partial charge in [0.15, 0.2) is 0 Å². The molecule has 23 heavy (non-hydrogen) atoms. The number of hydrogen-bond donors (Lipinski definition) is 0. The van der Waals surface area contributed by atoms with E-state index in [1.54, 1.807) is 11.0 Å². The zero-order chi connectivity index (χ0) is 17.6. The van der Waals surface area contributed by atoms with Crippen molar-refractivity contribution in [2.24, 2.45) is 0 Å². The van der Waals surface area contributed by atoms with Crippen LogP contribution in [0.1, 0.15) is 31.4 Å². The number of nitrogens with zero attached hydrogens (tertiary/aromatic N) is 2. The summed E-state index contributed by atoms with van der Waals surface area (Å²) in [4.78, 5) is 14.0. The second kappa shape index (κ2) is 8.11. The minimum atomic E-state index is 0.0528. The van der Waals surface area contributed by atoms with Gasteiger partial charge < -0.3 is 9.38 Å². The van der Waals surface area contributed by atoms with Crippen molar-refractivity contribution in [3.05, 3.63) is 53.7 Å². The van der Waals surface area contributed by atoms with Crippen LogP contribution >= 0.6 is 0 Å². The standard InChI is InChI=1S/C18H25N2O.C2H6/c1-14-7-9-16(10-8-14)17-13-18(21)19(15(17)2)11-6-12-20(3,4)5;1-2/h7-10,13H,2,6,11-12H2,1,3-5H3;1-2H3/q+1;. The smallest absolute Gasteiger partial charge is 0.251 e. The van der Waals surface area contributed by atoms with E-state index >= 15 is 0 Å². The molecule has 3 nitrogen and oxygen atoms in total. The van der Waals surface area contributed by atoms with Crippen molar-refractivity contribution >= 4 is 11.5 Å². The van der Waals surface area contributed by atoms with E-state index in [0.29, 0.717) is 0 Å². The Morgan fingerprint density at radius 1 is 1.09 bits per heavy atom. The lowest BCUT2D eigenvalue weighted by atomic mass is 10.0. The Morgan fingerprint density at radius 3 is 2.17 bits per heavy atom. The maximum Gasteiger partial charge on any atom is 0.251 e. The van der Waals surface area contributed by atoms with Gasteiger partial charge in [0.1, 0.15) is 0 Å². The number of allylic oxidation sites excluding steroid dienone is 1. The zero-order valence-corrected chi connectivity index (χ0v) is 15.5. The molecule has 0 atom stereocenters. The molecular formula is C20H31N2O+. The first-order chi connectivity index (χ1) is 10.8. The summed E-state index contributed by atoms with van der Waals surface area (Å²) in [5, 5.41) is 0. The van der Waals surface area contributed by atoms with E-state index < -0.39 is 0 Å². The number of quaternary nitrogens is 1. The molecule has 0 bridgehead atoms. The number of rotatable bonds is 5. The molecular weight excluding hydrogens is 284 g/mol. The fourth-order valence-electron chi connectivity index (χ4n) is 2.49. The van der Waals surface area contributed by atoms with Gasteiger partial charge in [-0.25, -0.2) is 0 Å². The van der Waals surface area contributed by atoms with Gasteiger partial charge >= 0.3 is 0 Å². The predicted octanol–water partition coefficient (Wildman–Crippen LogP) is 3.86. The van der Waals surface area contributed by atoms with Gasteiger partial charge in [0.2, 0.25) is 0 Å². The van der Waals surface area contributed by atoms with Crippen LogP contribution in [0, 0.1) is 6.92 Å². The minimum absolute atomic E-state index is 0.0528. The number of carbonyl (C=O) groups excluding carboxylic acids is 1. The molecule has 1 amide bonds. The summed E-state index contributed by atoms with van der Waals surface area (Å²) >= 11 is 0. The first-order valence-electron chi connectivity index (χ1n) is 8.38. The van der Waals surface area contributed by atoms with Crippen LogP contribution in [-0.2, 0) is 4.79 Å². The Labute approximate surface area is 141 Å². The molecule has 0 N–H and O–H groups in total. The third kappa shape index (κ3) is 5.36. The Hall–Kier alpha value is -1.87. The van der Waals surface area contributed by atoms with E-state index in [4.69, 9.17) is 0 Å². The van der Waals surface area contributed by atoms with E-state index in [-0.39, 0.29) is 5.91 Å². The number of hydrogen-bond acceptors (Lipinski definition) is 1. The van der Waals surface area contributed by atoms with Crippen LogP contribution in [0.4, 0.5) is 0 Å². The average Bonchev–Trinajstić information content (AvgIpc) is 2.77. The molecule has 0 radical (unpaired) electrons. The predicted molar refractivity (Wildman–Crippen MR) is 98.9 cm³/mol. The molecule has 1 aliphatic rings. The number of carbonyl (C=O) groups is 1. The lowest BCUT2D eigenvalue weighted by Gasteiger charge is -2.26. The van der Waals surface area contributed by atoms with Gasteiger partial charge in [0.25, 0.3) is 5.91 Å². The highest BCUT2D eigenvalue weighted by Crippen LogP contribution is 2.30. The van der Waals surface area contributed by atoms with Crippen molar-refractivity contribution in [3.63, 3.8) is 0 Å². The van der Waals surface area contributed by atoms with Gasteiger partial charge in [-0.2, -0.15) is 0 Å². The molecule has 1 aromatic carbocycles. The number of amides is 1. The molecule has 0 spiro atoms. The van der Waals surface area contributed by atoms with Crippen LogP contribution in [-0.4, -0.2) is 49.5 Å². The second-order valence-corrected chi connectivity index (χ2v) is 6.73. The third-order valence-electron chi connectivity index (χ3n) is 3.74. The lowest BCUT2D eigenvalue weighted by Crippen LogP contribution is -2.37. The summed E-state index contributed by atoms with van der Waals surface area (Å²) in [5.41, 5.74) is 4.05. The highest BCUT2D eigenvalue weighted by molar-refractivity contribution is 6.06. The molecule has 0 fully saturated rings. The molecule has 0 unspecified atom stereocenters. The topological polar surface area (TPSA) is 20.3 Å². The van der Waals surface area contributed by atoms with Crippen molar-refractivity contribution < 1.29 is 9.28 Å². The summed E-state index contributed by atoms with van der Waals surface area (Å²) in [6.07, 6.45) is 2.68. The van der Waals surface area contributed by atoms with Gasteiger partial charge in [-0.3, -0.25) is 4.79 Å². The quantitative estimate of drug-likeness (QED) is 0.756. The summed E-state index contributed by atoms with van der Waals surface area (Å²) in [6, 6.07) is 8.23. The van der Waals surface area contributed by atoms with Crippen LogP contribution in [0.25, 0.3) is 5.57 Å². The molecule has 0 saturated heterocycles. The van der Waals surface area contributed by atoms with Crippen LogP contribution in [0.5, 0.6) is 0 Å². The van der Waals surface area contributed by atoms with E-state index in [0.717, 1.165) is 40.8 Å². The van der Waals surface area contributed by atoms with Crippen molar-refractivity contribution in [1.82, 2.24) is 4.90 Å². The molecule has 0 aromatic heterocycles. The average molecular weight is 315 g/mol. The lowest BCUT2D eigenvalue weighted by molar-refractivity contribution is -0.870. The summed E-state index contributed by atoms with van der Waals surface area (Å²) in [6.45, 7) is 11.9. The molecule has 126 valence electrons. The van der Waals surface area contributed by atoms with Gasteiger partial charge in [0, 0.05) is 30.3 Å². The SMILES string of the molecule is C=C1C(c2ccc(C)cc2)=CC(=O)N1CCC[N+](C)(C)C.CC. The highest BCUT2D eigenvalue weighted by atomic mass is 16.2. The van der Waals surface area contributed by atoms with Gasteiger partial charge in [-0.05, 0) is 12.5 Å². The van der Waals surface area contributed by atoms with E-state index in [1.165, 1.54) is 5.56 Å².